The van der Waals surface area contributed by atoms with E-state index in [1.165, 1.54) is 76.5 Å². The van der Waals surface area contributed by atoms with Crippen molar-refractivity contribution in [2.45, 2.75) is 0 Å². The summed E-state index contributed by atoms with van der Waals surface area (Å²) in [4.78, 5) is 2.42. The Morgan fingerprint density at radius 2 is 0.736 bits per heavy atom. The van der Waals surface area contributed by atoms with E-state index in [0.29, 0.717) is 0 Å². The maximum Gasteiger partial charge on any atom is 0.0468 e. The van der Waals surface area contributed by atoms with Crippen molar-refractivity contribution in [3.63, 3.8) is 0 Å². The molecule has 0 amide bonds. The largest absolute Gasteiger partial charge is 0.310 e. The van der Waals surface area contributed by atoms with Gasteiger partial charge in [-0.25, -0.2) is 0 Å². The van der Waals surface area contributed by atoms with Gasteiger partial charge in [0.2, 0.25) is 0 Å². The van der Waals surface area contributed by atoms with Crippen LogP contribution in [0.15, 0.2) is 212 Å². The molecule has 10 aromatic carbocycles. The van der Waals surface area contributed by atoms with Crippen LogP contribution in [0.4, 0.5) is 17.1 Å². The normalized spacial score (nSPS) is 11.4. The second kappa shape index (κ2) is 13.0. The zero-order valence-electron chi connectivity index (χ0n) is 29.2. The van der Waals surface area contributed by atoms with Crippen LogP contribution in [-0.2, 0) is 0 Å². The summed E-state index contributed by atoms with van der Waals surface area (Å²) in [6, 6.07) is 77.4. The standard InChI is InChI=1S/C52H35N/c1-3-12-36(13-4-1)50-31-30-46(35-51(50)38-14-5-2-6-15-38)53(45-28-26-40-23-22-39-17-8-10-20-48(39)52(40)34-45)44-29-27-41-32-43(25-24-42(41)33-44)49-21-11-18-37-16-7-9-19-47(37)49/h1-35H. The van der Waals surface area contributed by atoms with E-state index in [2.05, 4.69) is 217 Å². The molecule has 10 aromatic rings. The van der Waals surface area contributed by atoms with Gasteiger partial charge in [-0.1, -0.05) is 170 Å². The molecular formula is C52H35N. The van der Waals surface area contributed by atoms with Gasteiger partial charge in [-0.15, -0.1) is 0 Å². The number of rotatable bonds is 6. The fraction of sp³-hybridized carbons (Fsp3) is 0. The first-order chi connectivity index (χ1) is 26.3. The summed E-state index contributed by atoms with van der Waals surface area (Å²) in [7, 11) is 0. The molecule has 0 unspecified atom stereocenters. The number of fused-ring (bicyclic) bond motifs is 5. The lowest BCUT2D eigenvalue weighted by molar-refractivity contribution is 1.29. The lowest BCUT2D eigenvalue weighted by Gasteiger charge is -2.27. The van der Waals surface area contributed by atoms with E-state index in [1.807, 2.05) is 0 Å². The minimum atomic E-state index is 1.11. The van der Waals surface area contributed by atoms with Crippen molar-refractivity contribution in [3.8, 4) is 33.4 Å². The van der Waals surface area contributed by atoms with Crippen LogP contribution < -0.4 is 4.90 Å². The van der Waals surface area contributed by atoms with Crippen molar-refractivity contribution in [2.24, 2.45) is 0 Å². The first-order valence-corrected chi connectivity index (χ1v) is 18.3. The Balaban J connectivity index is 1.17. The minimum absolute atomic E-state index is 1.11. The van der Waals surface area contributed by atoms with Gasteiger partial charge < -0.3 is 4.90 Å². The predicted octanol–water partition coefficient (Wildman–Crippen LogP) is 14.8. The Morgan fingerprint density at radius 1 is 0.226 bits per heavy atom. The lowest BCUT2D eigenvalue weighted by Crippen LogP contribution is -2.10. The molecule has 0 aliphatic heterocycles. The topological polar surface area (TPSA) is 3.24 Å². The third kappa shape index (κ3) is 5.60. The maximum atomic E-state index is 2.42. The molecule has 248 valence electrons. The molecule has 0 aliphatic rings. The molecule has 0 fully saturated rings. The van der Waals surface area contributed by atoms with Crippen LogP contribution in [0.1, 0.15) is 0 Å². The quantitative estimate of drug-likeness (QED) is 0.159. The van der Waals surface area contributed by atoms with Gasteiger partial charge in [-0.2, -0.15) is 0 Å². The fourth-order valence-corrected chi connectivity index (χ4v) is 7.99. The van der Waals surface area contributed by atoms with Gasteiger partial charge in [0, 0.05) is 17.1 Å². The minimum Gasteiger partial charge on any atom is -0.310 e. The van der Waals surface area contributed by atoms with Gasteiger partial charge in [0.15, 0.2) is 0 Å². The molecule has 1 heteroatoms. The number of anilines is 3. The van der Waals surface area contributed by atoms with Gasteiger partial charge in [-0.05, 0) is 119 Å². The van der Waals surface area contributed by atoms with Crippen LogP contribution in [0.3, 0.4) is 0 Å². The number of hydrogen-bond donors (Lipinski definition) is 0. The Bertz CT molecular complexity index is 2940. The monoisotopic (exact) mass is 673 g/mol. The van der Waals surface area contributed by atoms with Crippen molar-refractivity contribution < 1.29 is 0 Å². The average Bonchev–Trinajstić information content (AvgIpc) is 3.24. The molecule has 0 bridgehead atoms. The predicted molar refractivity (Wildman–Crippen MR) is 227 cm³/mol. The first kappa shape index (κ1) is 30.8. The Kier molecular flexibility index (Phi) is 7.55. The van der Waals surface area contributed by atoms with Crippen LogP contribution in [0.5, 0.6) is 0 Å². The summed E-state index contributed by atoms with van der Waals surface area (Å²) in [5.74, 6) is 0. The second-order valence-corrected chi connectivity index (χ2v) is 13.8. The highest BCUT2D eigenvalue weighted by molar-refractivity contribution is 6.09. The van der Waals surface area contributed by atoms with Crippen LogP contribution in [0.2, 0.25) is 0 Å². The summed E-state index contributed by atoms with van der Waals surface area (Å²) in [6.07, 6.45) is 0. The van der Waals surface area contributed by atoms with E-state index in [4.69, 9.17) is 0 Å². The van der Waals surface area contributed by atoms with E-state index < -0.39 is 0 Å². The van der Waals surface area contributed by atoms with Gasteiger partial charge in [0.1, 0.15) is 0 Å². The van der Waals surface area contributed by atoms with Crippen LogP contribution in [-0.4, -0.2) is 0 Å². The highest BCUT2D eigenvalue weighted by atomic mass is 15.1. The van der Waals surface area contributed by atoms with Gasteiger partial charge >= 0.3 is 0 Å². The number of nitrogens with zero attached hydrogens (tertiary/aromatic N) is 1. The van der Waals surface area contributed by atoms with Gasteiger partial charge in [0.25, 0.3) is 0 Å². The first-order valence-electron chi connectivity index (χ1n) is 18.3. The third-order valence-corrected chi connectivity index (χ3v) is 10.6. The van der Waals surface area contributed by atoms with Crippen LogP contribution in [0, 0.1) is 0 Å². The van der Waals surface area contributed by atoms with Crippen molar-refractivity contribution in [2.75, 3.05) is 4.90 Å². The molecule has 0 saturated carbocycles. The molecule has 53 heavy (non-hydrogen) atoms. The SMILES string of the molecule is c1ccc(-c2ccc(N(c3ccc4cc(-c5cccc6ccccc56)ccc4c3)c3ccc4ccc5ccccc5c4c3)cc2-c2ccccc2)cc1. The molecule has 0 aliphatic carbocycles. The second-order valence-electron chi connectivity index (χ2n) is 13.8. The lowest BCUT2D eigenvalue weighted by atomic mass is 9.93. The molecule has 0 N–H and O–H groups in total. The van der Waals surface area contributed by atoms with E-state index in [0.717, 1.165) is 17.1 Å². The van der Waals surface area contributed by atoms with E-state index in [1.54, 1.807) is 0 Å². The summed E-state index contributed by atoms with van der Waals surface area (Å²) in [5.41, 5.74) is 10.6. The van der Waals surface area contributed by atoms with Crippen LogP contribution in [0.25, 0.3) is 76.5 Å². The van der Waals surface area contributed by atoms with Crippen molar-refractivity contribution in [1.29, 1.82) is 0 Å². The Morgan fingerprint density at radius 3 is 1.51 bits per heavy atom. The molecular weight excluding hydrogens is 639 g/mol. The summed E-state index contributed by atoms with van der Waals surface area (Å²) >= 11 is 0. The summed E-state index contributed by atoms with van der Waals surface area (Å²) in [6.45, 7) is 0. The summed E-state index contributed by atoms with van der Waals surface area (Å²) < 4.78 is 0. The zero-order valence-corrected chi connectivity index (χ0v) is 29.2. The van der Waals surface area contributed by atoms with E-state index >= 15 is 0 Å². The molecule has 1 nitrogen and oxygen atoms in total. The maximum absolute atomic E-state index is 2.42. The number of benzene rings is 10. The fourth-order valence-electron chi connectivity index (χ4n) is 7.99. The molecule has 0 heterocycles. The van der Waals surface area contributed by atoms with Crippen molar-refractivity contribution >= 4 is 60.2 Å². The Labute approximate surface area is 309 Å². The molecule has 0 saturated heterocycles. The smallest absolute Gasteiger partial charge is 0.0468 e. The average molecular weight is 674 g/mol. The summed E-state index contributed by atoms with van der Waals surface area (Å²) in [5, 5.41) is 9.93. The molecule has 0 spiro atoms. The van der Waals surface area contributed by atoms with Crippen LogP contribution >= 0.6 is 0 Å². The number of hydrogen-bond acceptors (Lipinski definition) is 1. The highest BCUT2D eigenvalue weighted by Crippen LogP contribution is 2.43. The third-order valence-electron chi connectivity index (χ3n) is 10.6. The van der Waals surface area contributed by atoms with Gasteiger partial charge in [-0.3, -0.25) is 0 Å². The zero-order chi connectivity index (χ0) is 35.1. The van der Waals surface area contributed by atoms with Gasteiger partial charge in [0.05, 0.1) is 0 Å². The van der Waals surface area contributed by atoms with E-state index in [-0.39, 0.29) is 0 Å². The molecule has 10 rings (SSSR count). The highest BCUT2D eigenvalue weighted by Gasteiger charge is 2.18. The molecule has 0 radical (unpaired) electrons. The Hall–Kier alpha value is -6.96. The molecule has 0 aromatic heterocycles. The van der Waals surface area contributed by atoms with Crippen molar-refractivity contribution in [1.82, 2.24) is 0 Å². The van der Waals surface area contributed by atoms with Crippen molar-refractivity contribution in [3.05, 3.63) is 212 Å². The molecule has 0 atom stereocenters. The van der Waals surface area contributed by atoms with E-state index in [9.17, 15) is 0 Å².